The van der Waals surface area contributed by atoms with E-state index >= 15 is 0 Å². The van der Waals surface area contributed by atoms with E-state index in [1.807, 2.05) is 39.8 Å². The maximum atomic E-state index is 14.1. The summed E-state index contributed by atoms with van der Waals surface area (Å²) in [7, 11) is 0. The number of aliphatic hydroxyl groups is 1. The van der Waals surface area contributed by atoms with Crippen LogP contribution in [-0.2, 0) is 14.4 Å². The number of likely N-dealkylation sites (tertiary alicyclic amines) is 1. The van der Waals surface area contributed by atoms with Crippen molar-refractivity contribution in [3.05, 3.63) is 24.3 Å². The van der Waals surface area contributed by atoms with Crippen LogP contribution < -0.4 is 15.4 Å². The average molecular weight is 560 g/mol. The first-order valence-electron chi connectivity index (χ1n) is 14.2. The highest BCUT2D eigenvalue weighted by Gasteiger charge is 2.74. The number of carbonyl (C=O) groups excluding carboxylic acids is 3. The van der Waals surface area contributed by atoms with Crippen LogP contribution >= 0.6 is 11.8 Å². The van der Waals surface area contributed by atoms with Crippen molar-refractivity contribution in [2.75, 3.05) is 18.5 Å². The second-order valence-electron chi connectivity index (χ2n) is 13.1. The summed E-state index contributed by atoms with van der Waals surface area (Å²) < 4.78 is 4.81. The summed E-state index contributed by atoms with van der Waals surface area (Å²) in [6.07, 6.45) is 2.76. The number of ether oxygens (including phenoxy) is 1. The summed E-state index contributed by atoms with van der Waals surface area (Å²) in [5, 5.41) is 16.5. The Kier molecular flexibility index (Phi) is 8.35. The summed E-state index contributed by atoms with van der Waals surface area (Å²) in [6, 6.07) is 6.01. The Bertz CT molecular complexity index is 1080. The number of rotatable bonds is 10. The van der Waals surface area contributed by atoms with E-state index in [1.54, 1.807) is 28.8 Å². The second kappa shape index (κ2) is 11.0. The molecule has 8 nitrogen and oxygen atoms in total. The van der Waals surface area contributed by atoms with Gasteiger partial charge in [-0.1, -0.05) is 27.7 Å². The van der Waals surface area contributed by atoms with E-state index in [4.69, 9.17) is 4.74 Å². The van der Waals surface area contributed by atoms with Gasteiger partial charge in [-0.05, 0) is 76.1 Å². The van der Waals surface area contributed by atoms with Crippen molar-refractivity contribution in [3.63, 3.8) is 0 Å². The summed E-state index contributed by atoms with van der Waals surface area (Å²) in [6.45, 7) is 14.6. The monoisotopic (exact) mass is 559 g/mol. The molecule has 1 aromatic rings. The molecule has 1 spiro atoms. The molecule has 3 aliphatic heterocycles. The van der Waals surface area contributed by atoms with Gasteiger partial charge in [0.05, 0.1) is 35.8 Å². The molecule has 2 bridgehead atoms. The highest BCUT2D eigenvalue weighted by Crippen LogP contribution is 2.66. The van der Waals surface area contributed by atoms with Crippen molar-refractivity contribution in [1.29, 1.82) is 0 Å². The van der Waals surface area contributed by atoms with Crippen molar-refractivity contribution in [2.24, 2.45) is 17.3 Å². The van der Waals surface area contributed by atoms with Gasteiger partial charge in [-0.3, -0.25) is 14.4 Å². The highest BCUT2D eigenvalue weighted by atomic mass is 32.2. The molecule has 3 saturated heterocycles. The molecule has 216 valence electrons. The van der Waals surface area contributed by atoms with Crippen molar-refractivity contribution >= 4 is 35.2 Å². The molecule has 39 heavy (non-hydrogen) atoms. The van der Waals surface area contributed by atoms with Crippen molar-refractivity contribution in [3.8, 4) is 5.75 Å². The SMILES string of the molecule is CCOc1ccc(NC(=O)[C@@H]2[C@H]3C(=O)N([C@@H](CC)CO)C(C(=O)NC(C)(C)CC(C)(C)C)C34CC[C@H]2S4)cc1. The van der Waals surface area contributed by atoms with Crippen LogP contribution in [0, 0.1) is 17.3 Å². The molecule has 0 radical (unpaired) electrons. The number of thioether (sulfide) groups is 1. The molecule has 0 saturated carbocycles. The molecule has 3 N–H and O–H groups in total. The minimum atomic E-state index is -0.732. The number of nitrogens with one attached hydrogen (secondary N) is 2. The van der Waals surface area contributed by atoms with Gasteiger partial charge >= 0.3 is 0 Å². The lowest BCUT2D eigenvalue weighted by molar-refractivity contribution is -0.142. The zero-order valence-corrected chi connectivity index (χ0v) is 25.2. The van der Waals surface area contributed by atoms with Crippen molar-refractivity contribution < 1.29 is 24.2 Å². The molecule has 2 unspecified atom stereocenters. The zero-order chi connectivity index (χ0) is 28.8. The normalized spacial score (nSPS) is 28.8. The largest absolute Gasteiger partial charge is 0.494 e. The lowest BCUT2D eigenvalue weighted by atomic mass is 9.70. The number of fused-ring (bicyclic) bond motifs is 1. The summed E-state index contributed by atoms with van der Waals surface area (Å²) in [4.78, 5) is 43.6. The molecule has 3 fully saturated rings. The Morgan fingerprint density at radius 1 is 1.15 bits per heavy atom. The molecule has 3 amide bonds. The summed E-state index contributed by atoms with van der Waals surface area (Å²) in [5.74, 6) is -0.987. The van der Waals surface area contributed by atoms with Gasteiger partial charge in [0.1, 0.15) is 11.8 Å². The zero-order valence-electron chi connectivity index (χ0n) is 24.4. The van der Waals surface area contributed by atoms with Gasteiger partial charge in [-0.2, -0.15) is 0 Å². The highest BCUT2D eigenvalue weighted by molar-refractivity contribution is 8.02. The maximum Gasteiger partial charge on any atom is 0.244 e. The van der Waals surface area contributed by atoms with E-state index in [0.29, 0.717) is 25.1 Å². The quantitative estimate of drug-likeness (QED) is 0.396. The molecule has 6 atom stereocenters. The smallest absolute Gasteiger partial charge is 0.244 e. The molecule has 1 aromatic carbocycles. The van der Waals surface area contributed by atoms with E-state index in [1.165, 1.54) is 0 Å². The number of hydrogen-bond acceptors (Lipinski definition) is 6. The lowest BCUT2D eigenvalue weighted by Gasteiger charge is -2.40. The van der Waals surface area contributed by atoms with E-state index in [2.05, 4.69) is 31.4 Å². The first-order valence-corrected chi connectivity index (χ1v) is 15.1. The minimum Gasteiger partial charge on any atom is -0.494 e. The van der Waals surface area contributed by atoms with Crippen LogP contribution in [0.1, 0.15) is 74.1 Å². The number of aliphatic hydroxyl groups excluding tert-OH is 1. The molecule has 0 aliphatic carbocycles. The predicted octanol–water partition coefficient (Wildman–Crippen LogP) is 4.22. The van der Waals surface area contributed by atoms with Crippen LogP contribution in [0.5, 0.6) is 5.75 Å². The molecule has 3 aliphatic rings. The molecule has 9 heteroatoms. The minimum absolute atomic E-state index is 0.00441. The van der Waals surface area contributed by atoms with E-state index in [0.717, 1.165) is 18.6 Å². The number of hydrogen-bond donors (Lipinski definition) is 3. The Labute approximate surface area is 237 Å². The predicted molar refractivity (Wildman–Crippen MR) is 155 cm³/mol. The number of benzene rings is 1. The van der Waals surface area contributed by atoms with Gasteiger partial charge in [-0.15, -0.1) is 11.8 Å². The topological polar surface area (TPSA) is 108 Å². The average Bonchev–Trinajstić information content (AvgIpc) is 3.47. The van der Waals surface area contributed by atoms with Crippen LogP contribution in [-0.4, -0.2) is 68.6 Å². The third-order valence-corrected chi connectivity index (χ3v) is 10.2. The first-order chi connectivity index (χ1) is 18.3. The van der Waals surface area contributed by atoms with Gasteiger partial charge in [-0.25, -0.2) is 0 Å². The Morgan fingerprint density at radius 3 is 2.38 bits per heavy atom. The number of carbonyl (C=O) groups is 3. The van der Waals surface area contributed by atoms with Crippen LogP contribution in [0.4, 0.5) is 5.69 Å². The van der Waals surface area contributed by atoms with Crippen molar-refractivity contribution in [1.82, 2.24) is 10.2 Å². The molecule has 3 heterocycles. The number of amides is 3. The van der Waals surface area contributed by atoms with Gasteiger partial charge in [0.15, 0.2) is 0 Å². The molecule has 0 aromatic heterocycles. The van der Waals surface area contributed by atoms with E-state index in [-0.39, 0.29) is 35.0 Å². The molecular weight excluding hydrogens is 514 g/mol. The maximum absolute atomic E-state index is 14.1. The van der Waals surface area contributed by atoms with Gasteiger partial charge in [0, 0.05) is 16.5 Å². The van der Waals surface area contributed by atoms with Crippen molar-refractivity contribution in [2.45, 2.75) is 102 Å². The second-order valence-corrected chi connectivity index (χ2v) is 14.7. The third kappa shape index (κ3) is 5.67. The van der Waals surface area contributed by atoms with Gasteiger partial charge in [0.25, 0.3) is 0 Å². The van der Waals surface area contributed by atoms with Crippen LogP contribution in [0.3, 0.4) is 0 Å². The van der Waals surface area contributed by atoms with Crippen LogP contribution in [0.25, 0.3) is 0 Å². The Balaban J connectivity index is 1.64. The van der Waals surface area contributed by atoms with Gasteiger partial charge in [0.2, 0.25) is 17.7 Å². The summed E-state index contributed by atoms with van der Waals surface area (Å²) >= 11 is 1.64. The number of anilines is 1. The molecule has 4 rings (SSSR count). The van der Waals surface area contributed by atoms with E-state index < -0.39 is 34.2 Å². The summed E-state index contributed by atoms with van der Waals surface area (Å²) in [5.41, 5.74) is 0.170. The Hall–Kier alpha value is -2.26. The van der Waals surface area contributed by atoms with Gasteiger partial charge < -0.3 is 25.4 Å². The van der Waals surface area contributed by atoms with Crippen LogP contribution in [0.2, 0.25) is 0 Å². The van der Waals surface area contributed by atoms with E-state index in [9.17, 15) is 19.5 Å². The third-order valence-electron chi connectivity index (χ3n) is 8.23. The molecular formula is C30H45N3O5S. The number of nitrogens with zero attached hydrogens (tertiary/aromatic N) is 1. The Morgan fingerprint density at radius 2 is 1.82 bits per heavy atom. The fourth-order valence-corrected chi connectivity index (χ4v) is 9.50. The van der Waals surface area contributed by atoms with Crippen LogP contribution in [0.15, 0.2) is 24.3 Å². The first kappa shape index (κ1) is 29.7. The fraction of sp³-hybridized carbons (Fsp3) is 0.700. The standard InChI is InChI=1S/C30H45N3O5S/c1-8-19(16-34)33-24(26(36)32-29(6,7)17-28(3,4)5)30-15-14-21(39-30)22(23(30)27(33)37)25(35)31-18-10-12-20(13-11-18)38-9-2/h10-13,19,21-24,34H,8-9,14-17H2,1-7H3,(H,31,35)(H,32,36)/t19-,21+,22-,23-,24?,30?/m0/s1. The fourth-order valence-electron chi connectivity index (χ4n) is 7.30. The lowest BCUT2D eigenvalue weighted by Crippen LogP contribution is -2.60.